The van der Waals surface area contributed by atoms with E-state index in [9.17, 15) is 19.4 Å². The summed E-state index contributed by atoms with van der Waals surface area (Å²) >= 11 is 0. The Kier molecular flexibility index (Phi) is 6.21. The Balaban J connectivity index is 1.55. The summed E-state index contributed by atoms with van der Waals surface area (Å²) in [5.74, 6) is -0.426. The highest BCUT2D eigenvalue weighted by Crippen LogP contribution is 2.23. The van der Waals surface area contributed by atoms with Gasteiger partial charge in [-0.25, -0.2) is 4.39 Å². The number of carbonyl (C=O) groups is 1. The van der Waals surface area contributed by atoms with Crippen molar-refractivity contribution in [1.29, 1.82) is 0 Å². The van der Waals surface area contributed by atoms with Crippen molar-refractivity contribution in [3.05, 3.63) is 71.5 Å². The summed E-state index contributed by atoms with van der Waals surface area (Å²) in [6, 6.07) is 15.3. The number of rotatable bonds is 6. The summed E-state index contributed by atoms with van der Waals surface area (Å²) in [5.41, 5.74) is 0.0137. The van der Waals surface area contributed by atoms with Crippen LogP contribution in [0.15, 0.2) is 54.6 Å². The molecule has 3 N–H and O–H groups in total. The Labute approximate surface area is 158 Å². The van der Waals surface area contributed by atoms with E-state index < -0.39 is 11.7 Å². The molecule has 0 bridgehead atoms. The molecule has 0 aliphatic carbocycles. The Bertz CT molecular complexity index is 771. The first-order valence-electron chi connectivity index (χ1n) is 9.18. The smallest absolute Gasteiger partial charge is 0.253 e. The number of hydrogen-bond donors (Lipinski definition) is 3. The van der Waals surface area contributed by atoms with Crippen LogP contribution in [0.3, 0.4) is 0 Å². The molecule has 2 aromatic rings. The number of nitrogens with zero attached hydrogens (tertiary/aromatic N) is 1. The highest BCUT2D eigenvalue weighted by atomic mass is 19.1. The molecule has 1 aliphatic rings. The molecule has 0 spiro atoms. The van der Waals surface area contributed by atoms with Gasteiger partial charge in [-0.2, -0.15) is 0 Å². The van der Waals surface area contributed by atoms with Gasteiger partial charge in [0.25, 0.3) is 5.91 Å². The van der Waals surface area contributed by atoms with Crippen LogP contribution in [0, 0.1) is 5.82 Å². The second-order valence-electron chi connectivity index (χ2n) is 7.06. The summed E-state index contributed by atoms with van der Waals surface area (Å²) in [6.45, 7) is 1.16. The molecule has 0 saturated carbocycles. The number of piperidine rings is 1. The highest BCUT2D eigenvalue weighted by Gasteiger charge is 2.42. The van der Waals surface area contributed by atoms with Crippen molar-refractivity contribution in [2.75, 3.05) is 26.2 Å². The zero-order chi connectivity index (χ0) is 19.3. The molecule has 2 atom stereocenters. The van der Waals surface area contributed by atoms with E-state index in [0.29, 0.717) is 31.5 Å². The summed E-state index contributed by atoms with van der Waals surface area (Å²) in [5, 5.41) is 24.3. The van der Waals surface area contributed by atoms with Gasteiger partial charge in [-0.15, -0.1) is 0 Å². The van der Waals surface area contributed by atoms with Crippen molar-refractivity contribution in [1.82, 2.24) is 10.2 Å². The van der Waals surface area contributed by atoms with Crippen LogP contribution in [-0.2, 0) is 6.42 Å². The number of aliphatic hydroxyl groups is 2. The quantitative estimate of drug-likeness (QED) is 0.674. The van der Waals surface area contributed by atoms with Crippen molar-refractivity contribution in [3.8, 4) is 0 Å². The van der Waals surface area contributed by atoms with Gasteiger partial charge in [-0.1, -0.05) is 30.3 Å². The fourth-order valence-electron chi connectivity index (χ4n) is 3.40. The highest BCUT2D eigenvalue weighted by molar-refractivity contribution is 5.94. The average molecular weight is 372 g/mol. The van der Waals surface area contributed by atoms with Crippen molar-refractivity contribution in [2.24, 2.45) is 0 Å². The Morgan fingerprint density at radius 1 is 1.22 bits per heavy atom. The van der Waals surface area contributed by atoms with E-state index in [-0.39, 0.29) is 24.8 Å². The lowest BCUT2D eigenvalue weighted by Crippen LogP contribution is -2.62. The second-order valence-corrected chi connectivity index (χ2v) is 7.06. The molecule has 144 valence electrons. The first kappa shape index (κ1) is 19.5. The number of β-amino-alcohol motifs (C(OH)–C–C–N with tert-alkyl or cyclic N) is 1. The third kappa shape index (κ3) is 4.91. The molecule has 2 aromatic carbocycles. The molecule has 27 heavy (non-hydrogen) atoms. The Morgan fingerprint density at radius 2 is 2.00 bits per heavy atom. The number of benzene rings is 2. The largest absolute Gasteiger partial charge is 0.390 e. The van der Waals surface area contributed by atoms with Crippen LogP contribution in [0.1, 0.15) is 22.3 Å². The van der Waals surface area contributed by atoms with Crippen LogP contribution >= 0.6 is 0 Å². The van der Waals surface area contributed by atoms with Gasteiger partial charge in [-0.05, 0) is 49.2 Å². The maximum Gasteiger partial charge on any atom is 0.253 e. The average Bonchev–Trinajstić information content (AvgIpc) is 2.68. The van der Waals surface area contributed by atoms with Crippen LogP contribution in [0.2, 0.25) is 0 Å². The minimum absolute atomic E-state index is 0.0643. The molecule has 6 heteroatoms. The summed E-state index contributed by atoms with van der Waals surface area (Å²) in [7, 11) is 0. The number of nitrogens with one attached hydrogen (secondary N) is 1. The molecule has 1 heterocycles. The SMILES string of the molecule is O=C(c1ccccc1)N1CC[C@H](O)[C@@](O)(CNCCc2cccc(F)c2)C1. The van der Waals surface area contributed by atoms with E-state index in [2.05, 4.69) is 5.32 Å². The molecule has 0 radical (unpaired) electrons. The van der Waals surface area contributed by atoms with E-state index in [1.807, 2.05) is 12.1 Å². The van der Waals surface area contributed by atoms with Gasteiger partial charge in [0.15, 0.2) is 0 Å². The van der Waals surface area contributed by atoms with E-state index in [0.717, 1.165) is 5.56 Å². The van der Waals surface area contributed by atoms with Gasteiger partial charge in [0.05, 0.1) is 12.6 Å². The number of aliphatic hydroxyl groups excluding tert-OH is 1. The molecule has 5 nitrogen and oxygen atoms in total. The fraction of sp³-hybridized carbons (Fsp3) is 0.381. The minimum atomic E-state index is -1.41. The maximum atomic E-state index is 13.2. The van der Waals surface area contributed by atoms with Gasteiger partial charge < -0.3 is 20.4 Å². The third-order valence-electron chi connectivity index (χ3n) is 4.98. The first-order valence-corrected chi connectivity index (χ1v) is 9.18. The Hall–Kier alpha value is -2.28. The van der Waals surface area contributed by atoms with Gasteiger partial charge in [0.2, 0.25) is 0 Å². The van der Waals surface area contributed by atoms with Crippen LogP contribution in [-0.4, -0.2) is 58.9 Å². The zero-order valence-corrected chi connectivity index (χ0v) is 15.1. The van der Waals surface area contributed by atoms with Crippen LogP contribution in [0.5, 0.6) is 0 Å². The lowest BCUT2D eigenvalue weighted by Gasteiger charge is -2.42. The molecular weight excluding hydrogens is 347 g/mol. The number of carbonyl (C=O) groups excluding carboxylic acids is 1. The molecular formula is C21H25FN2O3. The lowest BCUT2D eigenvalue weighted by atomic mass is 9.89. The number of likely N-dealkylation sites (tertiary alicyclic amines) is 1. The molecule has 1 amide bonds. The monoisotopic (exact) mass is 372 g/mol. The Morgan fingerprint density at radius 3 is 2.74 bits per heavy atom. The van der Waals surface area contributed by atoms with Gasteiger partial charge in [-0.3, -0.25) is 4.79 Å². The molecule has 1 saturated heterocycles. The van der Waals surface area contributed by atoms with E-state index in [4.69, 9.17) is 0 Å². The lowest BCUT2D eigenvalue weighted by molar-refractivity contribution is -0.111. The van der Waals surface area contributed by atoms with Gasteiger partial charge >= 0.3 is 0 Å². The summed E-state index contributed by atoms with van der Waals surface area (Å²) in [4.78, 5) is 14.2. The molecule has 3 rings (SSSR count). The van der Waals surface area contributed by atoms with Crippen LogP contribution in [0.4, 0.5) is 4.39 Å². The number of amides is 1. The van der Waals surface area contributed by atoms with E-state index in [1.54, 1.807) is 35.2 Å². The first-order chi connectivity index (χ1) is 13.0. The fourth-order valence-corrected chi connectivity index (χ4v) is 3.40. The van der Waals surface area contributed by atoms with Crippen LogP contribution in [0.25, 0.3) is 0 Å². The minimum Gasteiger partial charge on any atom is -0.390 e. The van der Waals surface area contributed by atoms with Crippen molar-refractivity contribution in [3.63, 3.8) is 0 Å². The van der Waals surface area contributed by atoms with Crippen molar-refractivity contribution >= 4 is 5.91 Å². The van der Waals surface area contributed by atoms with E-state index >= 15 is 0 Å². The molecule has 1 fully saturated rings. The maximum absolute atomic E-state index is 13.2. The third-order valence-corrected chi connectivity index (χ3v) is 4.98. The van der Waals surface area contributed by atoms with Gasteiger partial charge in [0, 0.05) is 18.7 Å². The normalized spacial score (nSPS) is 22.6. The second kappa shape index (κ2) is 8.61. The summed E-state index contributed by atoms with van der Waals surface area (Å²) < 4.78 is 13.2. The summed E-state index contributed by atoms with van der Waals surface area (Å²) in [6.07, 6.45) is 0.0241. The van der Waals surface area contributed by atoms with Crippen molar-refractivity contribution in [2.45, 2.75) is 24.5 Å². The number of hydrogen-bond acceptors (Lipinski definition) is 4. The van der Waals surface area contributed by atoms with Gasteiger partial charge in [0.1, 0.15) is 11.4 Å². The molecule has 0 unspecified atom stereocenters. The predicted octanol–water partition coefficient (Wildman–Crippen LogP) is 1.60. The van der Waals surface area contributed by atoms with E-state index in [1.165, 1.54) is 12.1 Å². The number of halogens is 1. The zero-order valence-electron chi connectivity index (χ0n) is 15.1. The standard InChI is InChI=1S/C21H25FN2O3/c22-18-8-4-5-16(13-18)9-11-23-14-21(27)15-24(12-10-19(21)25)20(26)17-6-2-1-3-7-17/h1-8,13,19,23,25,27H,9-12,14-15H2/t19-,21+/m0/s1. The predicted molar refractivity (Wildman–Crippen MR) is 101 cm³/mol. The topological polar surface area (TPSA) is 72.8 Å². The van der Waals surface area contributed by atoms with Crippen LogP contribution < -0.4 is 5.32 Å². The molecule has 1 aliphatic heterocycles. The van der Waals surface area contributed by atoms with Crippen molar-refractivity contribution < 1.29 is 19.4 Å². The molecule has 0 aromatic heterocycles.